The van der Waals surface area contributed by atoms with Gasteiger partial charge in [-0.1, -0.05) is 17.7 Å². The number of hydrogen-bond acceptors (Lipinski definition) is 3. The van der Waals surface area contributed by atoms with Crippen LogP contribution in [0.15, 0.2) is 24.3 Å². The average Bonchev–Trinajstić information content (AvgIpc) is 3.40. The molecule has 0 bridgehead atoms. The quantitative estimate of drug-likeness (QED) is 0.897. The molecule has 1 aromatic carbocycles. The van der Waals surface area contributed by atoms with E-state index in [0.717, 1.165) is 55.5 Å². The predicted octanol–water partition coefficient (Wildman–Crippen LogP) is 2.75. The number of nitrogens with zero attached hydrogens (tertiary/aromatic N) is 3. The van der Waals surface area contributed by atoms with Crippen LogP contribution in [-0.4, -0.2) is 44.3 Å². The summed E-state index contributed by atoms with van der Waals surface area (Å²) in [4.78, 5) is 25.8. The standard InChI is InChI=1S/C20H23N3O3/c1-13-6-8-15(9-7-13)23-17-5-3-2-4-16(17)19(21-23)20(26)22(12-18(24)25)14-10-11-14/h6-9,14H,2-5,10-12H2,1H3,(H,24,25). The summed E-state index contributed by atoms with van der Waals surface area (Å²) in [5.41, 5.74) is 4.65. The van der Waals surface area contributed by atoms with Crippen molar-refractivity contribution >= 4 is 11.9 Å². The summed E-state index contributed by atoms with van der Waals surface area (Å²) < 4.78 is 1.88. The van der Waals surface area contributed by atoms with Crippen molar-refractivity contribution in [3.63, 3.8) is 0 Å². The molecule has 26 heavy (non-hydrogen) atoms. The Bertz CT molecular complexity index is 850. The molecule has 0 aliphatic heterocycles. The van der Waals surface area contributed by atoms with Gasteiger partial charge in [0.2, 0.25) is 0 Å². The number of amides is 1. The van der Waals surface area contributed by atoms with E-state index in [1.807, 2.05) is 35.9 Å². The van der Waals surface area contributed by atoms with Gasteiger partial charge in [0.05, 0.1) is 5.69 Å². The van der Waals surface area contributed by atoms with Crippen molar-refractivity contribution < 1.29 is 14.7 Å². The van der Waals surface area contributed by atoms with E-state index >= 15 is 0 Å². The Labute approximate surface area is 152 Å². The third-order valence-electron chi connectivity index (χ3n) is 5.22. The van der Waals surface area contributed by atoms with Crippen LogP contribution in [0.25, 0.3) is 5.69 Å². The molecule has 136 valence electrons. The highest BCUT2D eigenvalue weighted by atomic mass is 16.4. The fraction of sp³-hybridized carbons (Fsp3) is 0.450. The van der Waals surface area contributed by atoms with Crippen molar-refractivity contribution in [2.24, 2.45) is 0 Å². The van der Waals surface area contributed by atoms with E-state index in [2.05, 4.69) is 5.10 Å². The van der Waals surface area contributed by atoms with E-state index in [4.69, 9.17) is 0 Å². The lowest BCUT2D eigenvalue weighted by Gasteiger charge is -2.20. The molecule has 1 fully saturated rings. The maximum Gasteiger partial charge on any atom is 0.323 e. The fourth-order valence-corrected chi connectivity index (χ4v) is 3.70. The summed E-state index contributed by atoms with van der Waals surface area (Å²) in [5.74, 6) is -1.21. The van der Waals surface area contributed by atoms with Crippen LogP contribution in [0.2, 0.25) is 0 Å². The first-order valence-electron chi connectivity index (χ1n) is 9.25. The van der Waals surface area contributed by atoms with E-state index in [9.17, 15) is 14.7 Å². The number of carbonyl (C=O) groups excluding carboxylic acids is 1. The first kappa shape index (κ1) is 16.8. The zero-order valence-electron chi connectivity index (χ0n) is 14.9. The molecule has 1 amide bonds. The Kier molecular flexibility index (Phi) is 4.26. The van der Waals surface area contributed by atoms with E-state index < -0.39 is 5.97 Å². The molecule has 0 unspecified atom stereocenters. The van der Waals surface area contributed by atoms with Crippen molar-refractivity contribution in [2.75, 3.05) is 6.54 Å². The summed E-state index contributed by atoms with van der Waals surface area (Å²) in [6, 6.07) is 8.15. The zero-order chi connectivity index (χ0) is 18.3. The Balaban J connectivity index is 1.75. The number of carbonyl (C=O) groups is 2. The maximum atomic E-state index is 13.1. The molecule has 6 heteroatoms. The van der Waals surface area contributed by atoms with E-state index in [0.29, 0.717) is 5.69 Å². The minimum Gasteiger partial charge on any atom is -0.480 e. The van der Waals surface area contributed by atoms with Gasteiger partial charge in [0.15, 0.2) is 5.69 Å². The number of hydrogen-bond donors (Lipinski definition) is 1. The van der Waals surface area contributed by atoms with Gasteiger partial charge < -0.3 is 10.0 Å². The molecule has 1 heterocycles. The Morgan fingerprint density at radius 1 is 1.19 bits per heavy atom. The summed E-state index contributed by atoms with van der Waals surface area (Å²) in [6.45, 7) is 1.78. The Morgan fingerprint density at radius 2 is 1.88 bits per heavy atom. The van der Waals surface area contributed by atoms with Crippen molar-refractivity contribution in [1.29, 1.82) is 0 Å². The molecule has 1 aromatic heterocycles. The number of fused-ring (bicyclic) bond motifs is 1. The van der Waals surface area contributed by atoms with Gasteiger partial charge in [-0.05, 0) is 57.6 Å². The lowest BCUT2D eigenvalue weighted by Crippen LogP contribution is -2.38. The lowest BCUT2D eigenvalue weighted by atomic mass is 9.95. The number of aryl methyl sites for hydroxylation is 1. The van der Waals surface area contributed by atoms with Crippen molar-refractivity contribution in [3.8, 4) is 5.69 Å². The number of aliphatic carboxylic acids is 1. The second-order valence-corrected chi connectivity index (χ2v) is 7.29. The first-order valence-corrected chi connectivity index (χ1v) is 9.25. The van der Waals surface area contributed by atoms with Gasteiger partial charge >= 0.3 is 5.97 Å². The largest absolute Gasteiger partial charge is 0.480 e. The van der Waals surface area contributed by atoms with Crippen LogP contribution in [-0.2, 0) is 17.6 Å². The third-order valence-corrected chi connectivity index (χ3v) is 5.22. The molecule has 0 spiro atoms. The SMILES string of the molecule is Cc1ccc(-n2nc(C(=O)N(CC(=O)O)C3CC3)c3c2CCCC3)cc1. The number of benzene rings is 1. The van der Waals surface area contributed by atoms with Gasteiger partial charge in [-0.3, -0.25) is 9.59 Å². The number of aromatic nitrogens is 2. The molecule has 4 rings (SSSR count). The van der Waals surface area contributed by atoms with Crippen LogP contribution in [0.4, 0.5) is 0 Å². The highest BCUT2D eigenvalue weighted by Crippen LogP contribution is 2.32. The summed E-state index contributed by atoms with van der Waals surface area (Å²) in [7, 11) is 0. The normalized spacial score (nSPS) is 16.2. The summed E-state index contributed by atoms with van der Waals surface area (Å²) >= 11 is 0. The highest BCUT2D eigenvalue weighted by Gasteiger charge is 2.37. The second-order valence-electron chi connectivity index (χ2n) is 7.29. The molecular weight excluding hydrogens is 330 g/mol. The fourth-order valence-electron chi connectivity index (χ4n) is 3.70. The van der Waals surface area contributed by atoms with E-state index in [1.54, 1.807) is 0 Å². The van der Waals surface area contributed by atoms with Gasteiger partial charge in [-0.15, -0.1) is 0 Å². The molecule has 0 radical (unpaired) electrons. The summed E-state index contributed by atoms with van der Waals surface area (Å²) in [5, 5.41) is 13.8. The minimum absolute atomic E-state index is 0.0439. The van der Waals surface area contributed by atoms with Crippen LogP contribution in [0.1, 0.15) is 53.0 Å². The maximum absolute atomic E-state index is 13.1. The predicted molar refractivity (Wildman–Crippen MR) is 96.6 cm³/mol. The van der Waals surface area contributed by atoms with Crippen molar-refractivity contribution in [1.82, 2.24) is 14.7 Å². The smallest absolute Gasteiger partial charge is 0.323 e. The monoisotopic (exact) mass is 353 g/mol. The summed E-state index contributed by atoms with van der Waals surface area (Å²) in [6.07, 6.45) is 5.59. The molecular formula is C20H23N3O3. The van der Waals surface area contributed by atoms with Crippen LogP contribution in [0.5, 0.6) is 0 Å². The topological polar surface area (TPSA) is 75.4 Å². The molecule has 2 aromatic rings. The molecule has 6 nitrogen and oxygen atoms in total. The minimum atomic E-state index is -0.975. The first-order chi connectivity index (χ1) is 12.5. The van der Waals surface area contributed by atoms with Crippen LogP contribution >= 0.6 is 0 Å². The van der Waals surface area contributed by atoms with Gasteiger partial charge in [-0.25, -0.2) is 4.68 Å². The number of rotatable bonds is 5. The van der Waals surface area contributed by atoms with Crippen LogP contribution in [0.3, 0.4) is 0 Å². The van der Waals surface area contributed by atoms with Crippen LogP contribution < -0.4 is 0 Å². The molecule has 0 atom stereocenters. The number of carboxylic acids is 1. The van der Waals surface area contributed by atoms with Crippen molar-refractivity contribution in [2.45, 2.75) is 51.5 Å². The molecule has 1 saturated carbocycles. The Morgan fingerprint density at radius 3 is 2.54 bits per heavy atom. The second kappa shape index (κ2) is 6.59. The lowest BCUT2D eigenvalue weighted by molar-refractivity contribution is -0.137. The zero-order valence-corrected chi connectivity index (χ0v) is 14.9. The molecule has 2 aliphatic carbocycles. The van der Waals surface area contributed by atoms with E-state index in [-0.39, 0.29) is 18.5 Å². The van der Waals surface area contributed by atoms with Gasteiger partial charge in [0.25, 0.3) is 5.91 Å². The van der Waals surface area contributed by atoms with Gasteiger partial charge in [0, 0.05) is 17.3 Å². The molecule has 1 N–H and O–H groups in total. The molecule has 0 saturated heterocycles. The average molecular weight is 353 g/mol. The number of carboxylic acid groups (broad SMARTS) is 1. The third kappa shape index (κ3) is 3.11. The van der Waals surface area contributed by atoms with Gasteiger partial charge in [-0.2, -0.15) is 5.10 Å². The van der Waals surface area contributed by atoms with E-state index in [1.165, 1.54) is 10.5 Å². The highest BCUT2D eigenvalue weighted by molar-refractivity contribution is 5.96. The Hall–Kier alpha value is -2.63. The van der Waals surface area contributed by atoms with Crippen LogP contribution in [0, 0.1) is 6.92 Å². The van der Waals surface area contributed by atoms with Crippen molar-refractivity contribution in [3.05, 3.63) is 46.8 Å². The van der Waals surface area contributed by atoms with Gasteiger partial charge in [0.1, 0.15) is 6.54 Å². The molecule has 2 aliphatic rings.